The van der Waals surface area contributed by atoms with Crippen LogP contribution in [0, 0.1) is 13.8 Å². The summed E-state index contributed by atoms with van der Waals surface area (Å²) in [6.45, 7) is 7.10. The predicted octanol–water partition coefficient (Wildman–Crippen LogP) is 3.96. The molecule has 0 bridgehead atoms. The molecular weight excluding hydrogens is 422 g/mol. The SMILES string of the molecule is C=CCNC(=O)c1cc2ccc(OC(=O)COc3cc(C)c(Cl)c(C)c3)cc2oc1=O. The van der Waals surface area contributed by atoms with Crippen molar-refractivity contribution in [3.05, 3.63) is 81.2 Å². The number of halogens is 1. The minimum Gasteiger partial charge on any atom is -0.482 e. The summed E-state index contributed by atoms with van der Waals surface area (Å²) in [6.07, 6.45) is 1.50. The zero-order valence-corrected chi connectivity index (χ0v) is 17.7. The molecule has 0 radical (unpaired) electrons. The molecular formula is C23H20ClNO6. The van der Waals surface area contributed by atoms with Crippen LogP contribution in [-0.4, -0.2) is 25.0 Å². The molecule has 3 aromatic rings. The number of nitrogens with one attached hydrogen (secondary N) is 1. The Labute approximate surface area is 183 Å². The number of hydrogen-bond donors (Lipinski definition) is 1. The van der Waals surface area contributed by atoms with E-state index in [1.54, 1.807) is 18.2 Å². The fourth-order valence-corrected chi connectivity index (χ4v) is 2.98. The number of ether oxygens (including phenoxy) is 2. The van der Waals surface area contributed by atoms with Crippen LogP contribution in [0.4, 0.5) is 0 Å². The van der Waals surface area contributed by atoms with E-state index in [9.17, 15) is 14.4 Å². The molecule has 8 heteroatoms. The van der Waals surface area contributed by atoms with Gasteiger partial charge in [0, 0.05) is 23.0 Å². The normalized spacial score (nSPS) is 10.5. The first-order valence-electron chi connectivity index (χ1n) is 9.35. The summed E-state index contributed by atoms with van der Waals surface area (Å²) >= 11 is 6.12. The fourth-order valence-electron chi connectivity index (χ4n) is 2.87. The molecule has 0 spiro atoms. The molecule has 0 aliphatic carbocycles. The maximum absolute atomic E-state index is 12.1. The van der Waals surface area contributed by atoms with E-state index in [0.29, 0.717) is 16.2 Å². The molecule has 0 unspecified atom stereocenters. The van der Waals surface area contributed by atoms with Crippen LogP contribution < -0.4 is 20.4 Å². The third-order valence-corrected chi connectivity index (χ3v) is 4.95. The van der Waals surface area contributed by atoms with Crippen molar-refractivity contribution in [1.29, 1.82) is 0 Å². The van der Waals surface area contributed by atoms with Crippen molar-refractivity contribution < 1.29 is 23.5 Å². The van der Waals surface area contributed by atoms with Crippen LogP contribution in [0.2, 0.25) is 5.02 Å². The van der Waals surface area contributed by atoms with Crippen molar-refractivity contribution in [3.63, 3.8) is 0 Å². The highest BCUT2D eigenvalue weighted by atomic mass is 35.5. The number of carbonyl (C=O) groups excluding carboxylic acids is 2. The van der Waals surface area contributed by atoms with Crippen molar-refractivity contribution in [2.24, 2.45) is 0 Å². The maximum atomic E-state index is 12.1. The molecule has 1 heterocycles. The molecule has 0 fully saturated rings. The number of benzene rings is 2. The van der Waals surface area contributed by atoms with Gasteiger partial charge in [-0.2, -0.15) is 0 Å². The van der Waals surface area contributed by atoms with Crippen LogP contribution in [-0.2, 0) is 4.79 Å². The van der Waals surface area contributed by atoms with Crippen LogP contribution in [0.1, 0.15) is 21.5 Å². The van der Waals surface area contributed by atoms with Crippen LogP contribution >= 0.6 is 11.6 Å². The molecule has 1 amide bonds. The second-order valence-electron chi connectivity index (χ2n) is 6.78. The lowest BCUT2D eigenvalue weighted by atomic mass is 10.1. The summed E-state index contributed by atoms with van der Waals surface area (Å²) in [5, 5.41) is 3.67. The largest absolute Gasteiger partial charge is 0.482 e. The second kappa shape index (κ2) is 9.49. The number of rotatable bonds is 7. The van der Waals surface area contributed by atoms with E-state index in [1.165, 1.54) is 24.3 Å². The van der Waals surface area contributed by atoms with Crippen molar-refractivity contribution in [2.45, 2.75) is 13.8 Å². The first kappa shape index (κ1) is 22.1. The molecule has 1 aromatic heterocycles. The average molecular weight is 442 g/mol. The van der Waals surface area contributed by atoms with Gasteiger partial charge in [-0.15, -0.1) is 6.58 Å². The van der Waals surface area contributed by atoms with Crippen LogP contribution in [0.25, 0.3) is 11.0 Å². The van der Waals surface area contributed by atoms with Gasteiger partial charge in [0.15, 0.2) is 6.61 Å². The van der Waals surface area contributed by atoms with Crippen LogP contribution in [0.15, 0.2) is 58.3 Å². The molecule has 0 aliphatic heterocycles. The summed E-state index contributed by atoms with van der Waals surface area (Å²) in [5.74, 6) is -0.511. The minimum atomic E-state index is -0.797. The van der Waals surface area contributed by atoms with Gasteiger partial charge >= 0.3 is 11.6 Å². The topological polar surface area (TPSA) is 94.8 Å². The molecule has 7 nitrogen and oxygen atoms in total. The smallest absolute Gasteiger partial charge is 0.349 e. The molecule has 0 atom stereocenters. The lowest BCUT2D eigenvalue weighted by Crippen LogP contribution is -2.28. The number of aryl methyl sites for hydroxylation is 2. The van der Waals surface area contributed by atoms with Gasteiger partial charge in [0.1, 0.15) is 22.6 Å². The molecule has 3 rings (SSSR count). The summed E-state index contributed by atoms with van der Waals surface area (Å²) in [7, 11) is 0. The Morgan fingerprint density at radius 3 is 2.52 bits per heavy atom. The quantitative estimate of drug-likeness (QED) is 0.258. The predicted molar refractivity (Wildman–Crippen MR) is 117 cm³/mol. The second-order valence-corrected chi connectivity index (χ2v) is 7.16. The highest BCUT2D eigenvalue weighted by Gasteiger charge is 2.14. The summed E-state index contributed by atoms with van der Waals surface area (Å²) in [5.41, 5.74) is 0.940. The van der Waals surface area contributed by atoms with Gasteiger partial charge in [-0.25, -0.2) is 9.59 Å². The van der Waals surface area contributed by atoms with E-state index in [4.69, 9.17) is 25.5 Å². The summed E-state index contributed by atoms with van der Waals surface area (Å²) in [6, 6.07) is 9.39. The first-order valence-corrected chi connectivity index (χ1v) is 9.73. The fraction of sp³-hybridized carbons (Fsp3) is 0.174. The van der Waals surface area contributed by atoms with Crippen molar-refractivity contribution in [3.8, 4) is 11.5 Å². The number of carbonyl (C=O) groups is 2. The Kier molecular flexibility index (Phi) is 6.77. The van der Waals surface area contributed by atoms with Crippen LogP contribution in [0.5, 0.6) is 11.5 Å². The van der Waals surface area contributed by atoms with Gasteiger partial charge in [0.2, 0.25) is 0 Å². The Bertz CT molecular complexity index is 1210. The van der Waals surface area contributed by atoms with Gasteiger partial charge in [0.05, 0.1) is 0 Å². The lowest BCUT2D eigenvalue weighted by molar-refractivity contribution is -0.136. The Morgan fingerprint density at radius 1 is 1.13 bits per heavy atom. The zero-order valence-electron chi connectivity index (χ0n) is 17.0. The van der Waals surface area contributed by atoms with Crippen LogP contribution in [0.3, 0.4) is 0 Å². The number of fused-ring (bicyclic) bond motifs is 1. The van der Waals surface area contributed by atoms with Gasteiger partial charge in [-0.1, -0.05) is 17.7 Å². The van der Waals surface area contributed by atoms with Crippen molar-refractivity contribution in [1.82, 2.24) is 5.32 Å². The molecule has 2 aromatic carbocycles. The standard InChI is InChI=1S/C23H20ClNO6/c1-4-7-25-22(27)18-10-15-5-6-16(11-19(15)31-23(18)28)30-20(26)12-29-17-8-13(2)21(24)14(3)9-17/h4-6,8-11H,1,7,12H2,2-3H3,(H,25,27). The highest BCUT2D eigenvalue weighted by molar-refractivity contribution is 6.32. The average Bonchev–Trinajstić information content (AvgIpc) is 2.73. The molecule has 0 saturated heterocycles. The van der Waals surface area contributed by atoms with E-state index < -0.39 is 17.5 Å². The van der Waals surface area contributed by atoms with Gasteiger partial charge in [-0.05, 0) is 55.3 Å². The Balaban J connectivity index is 1.70. The third kappa shape index (κ3) is 5.32. The Hall–Kier alpha value is -3.58. The van der Waals surface area contributed by atoms with E-state index >= 15 is 0 Å². The first-order chi connectivity index (χ1) is 14.8. The lowest BCUT2D eigenvalue weighted by Gasteiger charge is -2.10. The molecule has 0 aliphatic rings. The van der Waals surface area contributed by atoms with E-state index in [-0.39, 0.29) is 30.0 Å². The van der Waals surface area contributed by atoms with Gasteiger partial charge in [0.25, 0.3) is 5.91 Å². The monoisotopic (exact) mass is 441 g/mol. The maximum Gasteiger partial charge on any atom is 0.349 e. The summed E-state index contributed by atoms with van der Waals surface area (Å²) < 4.78 is 15.9. The minimum absolute atomic E-state index is 0.124. The van der Waals surface area contributed by atoms with Crippen molar-refractivity contribution in [2.75, 3.05) is 13.2 Å². The molecule has 160 valence electrons. The Morgan fingerprint density at radius 2 is 1.84 bits per heavy atom. The third-order valence-electron chi connectivity index (χ3n) is 4.36. The number of hydrogen-bond acceptors (Lipinski definition) is 6. The summed E-state index contributed by atoms with van der Waals surface area (Å²) in [4.78, 5) is 36.3. The van der Waals surface area contributed by atoms with E-state index in [0.717, 1.165) is 11.1 Å². The van der Waals surface area contributed by atoms with Gasteiger partial charge < -0.3 is 19.2 Å². The van der Waals surface area contributed by atoms with E-state index in [1.807, 2.05) is 13.8 Å². The zero-order chi connectivity index (χ0) is 22.5. The molecule has 0 saturated carbocycles. The van der Waals surface area contributed by atoms with E-state index in [2.05, 4.69) is 11.9 Å². The number of esters is 1. The van der Waals surface area contributed by atoms with Gasteiger partial charge in [-0.3, -0.25) is 4.79 Å². The molecule has 31 heavy (non-hydrogen) atoms. The number of amides is 1. The molecule has 1 N–H and O–H groups in total. The van der Waals surface area contributed by atoms with Crippen molar-refractivity contribution >= 4 is 34.4 Å². The highest BCUT2D eigenvalue weighted by Crippen LogP contribution is 2.26.